The van der Waals surface area contributed by atoms with Crippen LogP contribution in [0.1, 0.15) is 49.7 Å². The van der Waals surface area contributed by atoms with E-state index in [0.29, 0.717) is 12.7 Å². The molecule has 5 nitrogen and oxygen atoms in total. The van der Waals surface area contributed by atoms with Crippen molar-refractivity contribution in [2.24, 2.45) is 16.8 Å². The number of likely N-dealkylation sites (tertiary alicyclic amines) is 1. The van der Waals surface area contributed by atoms with Crippen LogP contribution in [-0.2, 0) is 22.6 Å². The zero-order valence-electron chi connectivity index (χ0n) is 17.2. The van der Waals surface area contributed by atoms with Crippen LogP contribution < -0.4 is 5.32 Å². The molecule has 2 atom stereocenters. The van der Waals surface area contributed by atoms with Gasteiger partial charge in [0.05, 0.1) is 12.7 Å². The zero-order chi connectivity index (χ0) is 19.2. The lowest BCUT2D eigenvalue weighted by Gasteiger charge is -2.22. The molecule has 1 aromatic carbocycles. The smallest absolute Gasteiger partial charge is 0.193 e. The Labute approximate surface area is 169 Å². The minimum Gasteiger partial charge on any atom is -0.381 e. The van der Waals surface area contributed by atoms with Crippen LogP contribution in [0.4, 0.5) is 0 Å². The topological polar surface area (TPSA) is 46.1 Å². The monoisotopic (exact) mass is 385 g/mol. The summed E-state index contributed by atoms with van der Waals surface area (Å²) in [6.07, 6.45) is 7.99. The molecular formula is C23H35N3O2. The normalized spacial score (nSPS) is 26.3. The van der Waals surface area contributed by atoms with Crippen molar-refractivity contribution in [3.63, 3.8) is 0 Å². The third kappa shape index (κ3) is 5.06. The molecule has 28 heavy (non-hydrogen) atoms. The summed E-state index contributed by atoms with van der Waals surface area (Å²) in [6, 6.07) is 8.77. The third-order valence-corrected chi connectivity index (χ3v) is 6.62. The number of benzene rings is 1. The average molecular weight is 386 g/mol. The molecule has 0 spiro atoms. The molecule has 2 saturated heterocycles. The van der Waals surface area contributed by atoms with Crippen molar-refractivity contribution in [2.45, 2.75) is 57.8 Å². The van der Waals surface area contributed by atoms with Gasteiger partial charge in [0.2, 0.25) is 0 Å². The first-order valence-corrected chi connectivity index (χ1v) is 11.0. The molecule has 4 rings (SSSR count). The quantitative estimate of drug-likeness (QED) is 0.622. The summed E-state index contributed by atoms with van der Waals surface area (Å²) in [6.45, 7) is 5.51. The fourth-order valence-corrected chi connectivity index (χ4v) is 4.90. The zero-order valence-corrected chi connectivity index (χ0v) is 17.2. The molecule has 3 fully saturated rings. The van der Waals surface area contributed by atoms with Gasteiger partial charge in [0.1, 0.15) is 0 Å². The summed E-state index contributed by atoms with van der Waals surface area (Å²) in [7, 11) is 1.90. The van der Waals surface area contributed by atoms with E-state index in [4.69, 9.17) is 9.47 Å². The first-order chi connectivity index (χ1) is 13.8. The number of ether oxygens (including phenoxy) is 2. The van der Waals surface area contributed by atoms with Crippen LogP contribution in [0.25, 0.3) is 0 Å². The fourth-order valence-electron chi connectivity index (χ4n) is 4.90. The van der Waals surface area contributed by atoms with Crippen molar-refractivity contribution in [3.05, 3.63) is 35.4 Å². The van der Waals surface area contributed by atoms with Gasteiger partial charge < -0.3 is 19.7 Å². The van der Waals surface area contributed by atoms with Crippen LogP contribution in [0, 0.1) is 11.8 Å². The molecule has 1 aromatic rings. The van der Waals surface area contributed by atoms with E-state index in [1.54, 1.807) is 0 Å². The van der Waals surface area contributed by atoms with Crippen molar-refractivity contribution >= 4 is 5.96 Å². The van der Waals surface area contributed by atoms with Gasteiger partial charge in [0.25, 0.3) is 0 Å². The summed E-state index contributed by atoms with van der Waals surface area (Å²) in [5, 5.41) is 3.57. The highest BCUT2D eigenvalue weighted by Crippen LogP contribution is 2.35. The van der Waals surface area contributed by atoms with Crippen LogP contribution >= 0.6 is 0 Å². The standard InChI is InChI=1S/C23H35N3O2/c1-24-23(26-15-20-4-2-3-5-21(20)16-26)25-14-18-6-8-19(9-7-18)17-28-22-10-12-27-13-11-22/h6-9,20-22H,2-5,10-17H2,1H3,(H,24,25). The first-order valence-electron chi connectivity index (χ1n) is 11.0. The molecular weight excluding hydrogens is 350 g/mol. The van der Waals surface area contributed by atoms with Crippen LogP contribution in [0.15, 0.2) is 29.3 Å². The van der Waals surface area contributed by atoms with Gasteiger partial charge in [-0.05, 0) is 48.6 Å². The van der Waals surface area contributed by atoms with Crippen LogP contribution in [0.3, 0.4) is 0 Å². The Hall–Kier alpha value is -1.59. The highest BCUT2D eigenvalue weighted by Gasteiger charge is 2.35. The molecule has 2 unspecified atom stereocenters. The Morgan fingerprint density at radius 3 is 2.32 bits per heavy atom. The van der Waals surface area contributed by atoms with E-state index in [9.17, 15) is 0 Å². The first kappa shape index (κ1) is 19.7. The average Bonchev–Trinajstić information content (AvgIpc) is 3.18. The second-order valence-electron chi connectivity index (χ2n) is 8.55. The SMILES string of the molecule is CN=C(NCc1ccc(COC2CCOCC2)cc1)N1CC2CCCCC2C1. The lowest BCUT2D eigenvalue weighted by Crippen LogP contribution is -2.39. The van der Waals surface area contributed by atoms with E-state index in [-0.39, 0.29) is 0 Å². The number of hydrogen-bond donors (Lipinski definition) is 1. The summed E-state index contributed by atoms with van der Waals surface area (Å²) >= 11 is 0. The number of fused-ring (bicyclic) bond motifs is 1. The molecule has 1 saturated carbocycles. The summed E-state index contributed by atoms with van der Waals surface area (Å²) in [4.78, 5) is 7.01. The van der Waals surface area contributed by atoms with Crippen LogP contribution in [0.2, 0.25) is 0 Å². The van der Waals surface area contributed by atoms with Crippen LogP contribution in [-0.4, -0.2) is 50.3 Å². The van der Waals surface area contributed by atoms with Gasteiger partial charge in [-0.3, -0.25) is 4.99 Å². The molecule has 3 aliphatic rings. The van der Waals surface area contributed by atoms with E-state index in [0.717, 1.165) is 50.4 Å². The van der Waals surface area contributed by atoms with E-state index in [1.807, 2.05) is 7.05 Å². The molecule has 2 heterocycles. The van der Waals surface area contributed by atoms with Gasteiger partial charge in [-0.2, -0.15) is 0 Å². The predicted molar refractivity (Wildman–Crippen MR) is 112 cm³/mol. The van der Waals surface area contributed by atoms with Crippen molar-refractivity contribution in [1.82, 2.24) is 10.2 Å². The number of rotatable bonds is 5. The molecule has 5 heteroatoms. The Balaban J connectivity index is 1.23. The van der Waals surface area contributed by atoms with E-state index in [1.165, 1.54) is 49.9 Å². The van der Waals surface area contributed by atoms with E-state index >= 15 is 0 Å². The van der Waals surface area contributed by atoms with Gasteiger partial charge in [-0.1, -0.05) is 37.1 Å². The maximum absolute atomic E-state index is 6.02. The van der Waals surface area contributed by atoms with E-state index < -0.39 is 0 Å². The highest BCUT2D eigenvalue weighted by molar-refractivity contribution is 5.80. The second kappa shape index (κ2) is 9.75. The number of aliphatic imine (C=N–C) groups is 1. The molecule has 1 aliphatic carbocycles. The fraction of sp³-hybridized carbons (Fsp3) is 0.696. The number of nitrogens with one attached hydrogen (secondary N) is 1. The highest BCUT2D eigenvalue weighted by atomic mass is 16.5. The molecule has 0 bridgehead atoms. The minimum absolute atomic E-state index is 0.350. The predicted octanol–water partition coefficient (Wildman–Crippen LogP) is 3.58. The molecule has 2 aliphatic heterocycles. The Bertz CT molecular complexity index is 626. The molecule has 0 amide bonds. The molecule has 0 aromatic heterocycles. The second-order valence-corrected chi connectivity index (χ2v) is 8.55. The lowest BCUT2D eigenvalue weighted by atomic mass is 9.82. The summed E-state index contributed by atoms with van der Waals surface area (Å²) in [5.74, 6) is 2.81. The number of hydrogen-bond acceptors (Lipinski definition) is 3. The molecule has 154 valence electrons. The van der Waals surface area contributed by atoms with Crippen molar-refractivity contribution in [3.8, 4) is 0 Å². The van der Waals surface area contributed by atoms with Gasteiger partial charge >= 0.3 is 0 Å². The number of guanidine groups is 1. The lowest BCUT2D eigenvalue weighted by molar-refractivity contribution is -0.0390. The van der Waals surface area contributed by atoms with Gasteiger partial charge in [0.15, 0.2) is 5.96 Å². The Morgan fingerprint density at radius 2 is 1.68 bits per heavy atom. The largest absolute Gasteiger partial charge is 0.381 e. The van der Waals surface area contributed by atoms with Gasteiger partial charge in [0, 0.05) is 39.9 Å². The Kier molecular flexibility index (Phi) is 6.86. The van der Waals surface area contributed by atoms with Crippen molar-refractivity contribution < 1.29 is 9.47 Å². The summed E-state index contributed by atoms with van der Waals surface area (Å²) in [5.41, 5.74) is 2.52. The van der Waals surface area contributed by atoms with Crippen molar-refractivity contribution in [2.75, 3.05) is 33.4 Å². The third-order valence-electron chi connectivity index (χ3n) is 6.62. The number of nitrogens with zero attached hydrogens (tertiary/aromatic N) is 2. The van der Waals surface area contributed by atoms with E-state index in [2.05, 4.69) is 39.5 Å². The molecule has 1 N–H and O–H groups in total. The van der Waals surface area contributed by atoms with Gasteiger partial charge in [-0.25, -0.2) is 0 Å². The summed E-state index contributed by atoms with van der Waals surface area (Å²) < 4.78 is 11.4. The van der Waals surface area contributed by atoms with Crippen LogP contribution in [0.5, 0.6) is 0 Å². The maximum atomic E-state index is 6.02. The van der Waals surface area contributed by atoms with Gasteiger partial charge in [-0.15, -0.1) is 0 Å². The van der Waals surface area contributed by atoms with Crippen molar-refractivity contribution in [1.29, 1.82) is 0 Å². The molecule has 0 radical (unpaired) electrons. The minimum atomic E-state index is 0.350. The Morgan fingerprint density at radius 1 is 1.04 bits per heavy atom. The maximum Gasteiger partial charge on any atom is 0.193 e.